The van der Waals surface area contributed by atoms with Crippen LogP contribution in [-0.4, -0.2) is 4.98 Å². The first-order valence-electron chi connectivity index (χ1n) is 5.71. The first-order valence-corrected chi connectivity index (χ1v) is 6.50. The van der Waals surface area contributed by atoms with Gasteiger partial charge in [-0.15, -0.1) is 0 Å². The maximum absolute atomic E-state index is 13.2. The monoisotopic (exact) mass is 309 g/mol. The van der Waals surface area contributed by atoms with Crippen LogP contribution in [0, 0.1) is 5.82 Å². The van der Waals surface area contributed by atoms with Gasteiger partial charge in [-0.3, -0.25) is 4.98 Å². The number of ether oxygens (including phenoxy) is 1. The van der Waals surface area contributed by atoms with E-state index in [-0.39, 0.29) is 5.82 Å². The molecule has 0 aliphatic carbocycles. The minimum atomic E-state index is -0.290. The van der Waals surface area contributed by atoms with Crippen LogP contribution in [0.4, 0.5) is 4.39 Å². The van der Waals surface area contributed by atoms with Gasteiger partial charge in [-0.1, -0.05) is 13.0 Å². The van der Waals surface area contributed by atoms with Crippen LogP contribution in [0.1, 0.15) is 18.2 Å². The van der Waals surface area contributed by atoms with Crippen molar-refractivity contribution in [2.45, 2.75) is 20.0 Å². The summed E-state index contributed by atoms with van der Waals surface area (Å²) in [6.45, 7) is 2.33. The van der Waals surface area contributed by atoms with E-state index in [9.17, 15) is 4.39 Å². The minimum Gasteiger partial charge on any atom is -0.487 e. The van der Waals surface area contributed by atoms with Crippen LogP contribution in [0.15, 0.2) is 41.0 Å². The minimum absolute atomic E-state index is 0.290. The van der Waals surface area contributed by atoms with Crippen molar-refractivity contribution in [1.82, 2.24) is 4.98 Å². The summed E-state index contributed by atoms with van der Waals surface area (Å²) in [7, 11) is 0. The van der Waals surface area contributed by atoms with Crippen molar-refractivity contribution in [2.24, 2.45) is 0 Å². The van der Waals surface area contributed by atoms with Crippen LogP contribution in [0.25, 0.3) is 0 Å². The normalized spacial score (nSPS) is 10.4. The van der Waals surface area contributed by atoms with Gasteiger partial charge < -0.3 is 4.74 Å². The van der Waals surface area contributed by atoms with Gasteiger partial charge in [-0.2, -0.15) is 0 Å². The Balaban J connectivity index is 2.15. The summed E-state index contributed by atoms with van der Waals surface area (Å²) in [6, 6.07) is 8.35. The largest absolute Gasteiger partial charge is 0.487 e. The molecule has 2 nitrogen and oxygen atoms in total. The van der Waals surface area contributed by atoms with Crippen LogP contribution < -0.4 is 4.74 Å². The Bertz CT molecular complexity index is 545. The second-order valence-electron chi connectivity index (χ2n) is 3.83. The standard InChI is InChI=1S/C14H13BrFNO/c1-2-10-5-6-11(16)8-14(10)18-9-13-12(15)4-3-7-17-13/h3-8H,2,9H2,1H3. The highest BCUT2D eigenvalue weighted by molar-refractivity contribution is 9.10. The molecule has 0 spiro atoms. The van der Waals surface area contributed by atoms with Crippen molar-refractivity contribution in [3.8, 4) is 5.75 Å². The molecule has 0 unspecified atom stereocenters. The van der Waals surface area contributed by atoms with Crippen molar-refractivity contribution in [1.29, 1.82) is 0 Å². The van der Waals surface area contributed by atoms with E-state index in [0.717, 1.165) is 22.2 Å². The predicted molar refractivity (Wildman–Crippen MR) is 72.0 cm³/mol. The van der Waals surface area contributed by atoms with Crippen LogP contribution in [-0.2, 0) is 13.0 Å². The number of hydrogen-bond donors (Lipinski definition) is 0. The fraction of sp³-hybridized carbons (Fsp3) is 0.214. The Morgan fingerprint density at radius 3 is 2.89 bits per heavy atom. The zero-order chi connectivity index (χ0) is 13.0. The summed E-state index contributed by atoms with van der Waals surface area (Å²) in [5, 5.41) is 0. The summed E-state index contributed by atoms with van der Waals surface area (Å²) in [4.78, 5) is 4.21. The summed E-state index contributed by atoms with van der Waals surface area (Å²) < 4.78 is 19.7. The average Bonchev–Trinajstić information content (AvgIpc) is 2.38. The van der Waals surface area contributed by atoms with Crippen LogP contribution in [0.5, 0.6) is 5.75 Å². The van der Waals surface area contributed by atoms with E-state index < -0.39 is 0 Å². The van der Waals surface area contributed by atoms with Gasteiger partial charge in [-0.25, -0.2) is 4.39 Å². The lowest BCUT2D eigenvalue weighted by Gasteiger charge is -2.10. The first kappa shape index (κ1) is 13.0. The molecular weight excluding hydrogens is 297 g/mol. The molecule has 4 heteroatoms. The van der Waals surface area contributed by atoms with Crippen molar-refractivity contribution in [3.05, 3.63) is 58.1 Å². The van der Waals surface area contributed by atoms with E-state index in [1.807, 2.05) is 19.1 Å². The van der Waals surface area contributed by atoms with Crippen LogP contribution >= 0.6 is 15.9 Å². The number of aromatic nitrogens is 1. The Labute approximate surface area is 114 Å². The van der Waals surface area contributed by atoms with Crippen molar-refractivity contribution < 1.29 is 9.13 Å². The summed E-state index contributed by atoms with van der Waals surface area (Å²) in [6.07, 6.45) is 2.51. The molecule has 0 radical (unpaired) electrons. The zero-order valence-corrected chi connectivity index (χ0v) is 11.6. The zero-order valence-electron chi connectivity index (χ0n) is 9.99. The molecule has 0 aliphatic rings. The van der Waals surface area contributed by atoms with Gasteiger partial charge in [0.1, 0.15) is 18.2 Å². The molecule has 18 heavy (non-hydrogen) atoms. The molecule has 0 N–H and O–H groups in total. The third-order valence-electron chi connectivity index (χ3n) is 2.61. The van der Waals surface area contributed by atoms with E-state index in [4.69, 9.17) is 4.74 Å². The number of aryl methyl sites for hydroxylation is 1. The lowest BCUT2D eigenvalue weighted by Crippen LogP contribution is -2.01. The molecule has 0 fully saturated rings. The van der Waals surface area contributed by atoms with E-state index in [0.29, 0.717) is 12.4 Å². The highest BCUT2D eigenvalue weighted by atomic mass is 79.9. The second kappa shape index (κ2) is 5.96. The number of halogens is 2. The number of pyridine rings is 1. The molecule has 1 heterocycles. The van der Waals surface area contributed by atoms with Gasteiger partial charge in [0.2, 0.25) is 0 Å². The number of hydrogen-bond acceptors (Lipinski definition) is 2. The first-order chi connectivity index (χ1) is 8.70. The van der Waals surface area contributed by atoms with E-state index >= 15 is 0 Å². The van der Waals surface area contributed by atoms with Crippen molar-refractivity contribution in [3.63, 3.8) is 0 Å². The molecule has 1 aromatic carbocycles. The molecule has 0 saturated heterocycles. The SMILES string of the molecule is CCc1ccc(F)cc1OCc1ncccc1Br. The maximum atomic E-state index is 13.2. The van der Waals surface area contributed by atoms with Gasteiger partial charge in [0.25, 0.3) is 0 Å². The Morgan fingerprint density at radius 1 is 1.33 bits per heavy atom. The van der Waals surface area contributed by atoms with Gasteiger partial charge >= 0.3 is 0 Å². The molecule has 0 amide bonds. The predicted octanol–water partition coefficient (Wildman–Crippen LogP) is 4.12. The molecule has 0 aliphatic heterocycles. The number of rotatable bonds is 4. The Morgan fingerprint density at radius 2 is 2.17 bits per heavy atom. The molecule has 1 aromatic heterocycles. The smallest absolute Gasteiger partial charge is 0.131 e. The fourth-order valence-corrected chi connectivity index (χ4v) is 1.99. The lowest BCUT2D eigenvalue weighted by atomic mass is 10.1. The quantitative estimate of drug-likeness (QED) is 0.847. The van der Waals surface area contributed by atoms with Crippen LogP contribution in [0.3, 0.4) is 0 Å². The fourth-order valence-electron chi connectivity index (χ4n) is 1.63. The lowest BCUT2D eigenvalue weighted by molar-refractivity contribution is 0.296. The molecule has 0 bridgehead atoms. The Kier molecular flexibility index (Phi) is 4.31. The van der Waals surface area contributed by atoms with E-state index in [2.05, 4.69) is 20.9 Å². The second-order valence-corrected chi connectivity index (χ2v) is 4.68. The third kappa shape index (κ3) is 3.07. The van der Waals surface area contributed by atoms with Crippen molar-refractivity contribution >= 4 is 15.9 Å². The topological polar surface area (TPSA) is 22.1 Å². The van der Waals surface area contributed by atoms with Gasteiger partial charge in [0.15, 0.2) is 0 Å². The number of nitrogens with zero attached hydrogens (tertiary/aromatic N) is 1. The van der Waals surface area contributed by atoms with E-state index in [1.165, 1.54) is 12.1 Å². The van der Waals surface area contributed by atoms with Gasteiger partial charge in [0, 0.05) is 16.7 Å². The molecule has 0 saturated carbocycles. The van der Waals surface area contributed by atoms with Crippen molar-refractivity contribution in [2.75, 3.05) is 0 Å². The van der Waals surface area contributed by atoms with E-state index in [1.54, 1.807) is 12.3 Å². The summed E-state index contributed by atoms with van der Waals surface area (Å²) in [5.74, 6) is 0.289. The molecular formula is C14H13BrFNO. The summed E-state index contributed by atoms with van der Waals surface area (Å²) >= 11 is 3.40. The maximum Gasteiger partial charge on any atom is 0.131 e. The number of benzene rings is 1. The summed E-state index contributed by atoms with van der Waals surface area (Å²) in [5.41, 5.74) is 1.78. The average molecular weight is 310 g/mol. The highest BCUT2D eigenvalue weighted by Gasteiger charge is 2.06. The third-order valence-corrected chi connectivity index (χ3v) is 3.33. The molecule has 94 valence electrons. The van der Waals surface area contributed by atoms with Crippen LogP contribution in [0.2, 0.25) is 0 Å². The molecule has 2 rings (SSSR count). The Hall–Kier alpha value is -1.42. The van der Waals surface area contributed by atoms with Gasteiger partial charge in [-0.05, 0) is 46.1 Å². The highest BCUT2D eigenvalue weighted by Crippen LogP contribution is 2.22. The molecule has 0 atom stereocenters. The van der Waals surface area contributed by atoms with Gasteiger partial charge in [0.05, 0.1) is 5.69 Å². The molecule has 2 aromatic rings.